The molecule has 0 aliphatic carbocycles. The lowest BCUT2D eigenvalue weighted by Crippen LogP contribution is -2.22. The molecule has 0 aromatic heterocycles. The highest BCUT2D eigenvalue weighted by Crippen LogP contribution is 2.24. The van der Waals surface area contributed by atoms with Crippen LogP contribution in [0.3, 0.4) is 0 Å². The number of nitrogens with two attached hydrogens (primary N) is 1. The number of aryl methyl sites for hydroxylation is 1. The van der Waals surface area contributed by atoms with Gasteiger partial charge in [0.05, 0.1) is 12.1 Å². The highest BCUT2D eigenvalue weighted by atomic mass is 127. The Kier molecular flexibility index (Phi) is 7.83. The van der Waals surface area contributed by atoms with E-state index in [4.69, 9.17) is 5.73 Å². The van der Waals surface area contributed by atoms with Crippen LogP contribution in [0.1, 0.15) is 11.1 Å². The number of halogens is 4. The summed E-state index contributed by atoms with van der Waals surface area (Å²) in [4.78, 5) is 3.96. The molecule has 8 heteroatoms. The van der Waals surface area contributed by atoms with Gasteiger partial charge in [0.15, 0.2) is 5.96 Å². The molecule has 2 aromatic carbocycles. The molecule has 2 rings (SSSR count). The summed E-state index contributed by atoms with van der Waals surface area (Å²) in [5.74, 6) is -0.901. The Morgan fingerprint density at radius 2 is 1.88 bits per heavy atom. The van der Waals surface area contributed by atoms with E-state index in [1.807, 2.05) is 31.2 Å². The molecule has 0 saturated heterocycles. The van der Waals surface area contributed by atoms with Gasteiger partial charge in [-0.2, -0.15) is 8.78 Å². The van der Waals surface area contributed by atoms with Crippen LogP contribution < -0.4 is 15.8 Å². The molecule has 0 saturated carbocycles. The van der Waals surface area contributed by atoms with Gasteiger partial charge in [0.1, 0.15) is 11.6 Å². The quantitative estimate of drug-likeness (QED) is 0.406. The van der Waals surface area contributed by atoms with Crippen LogP contribution in [0.4, 0.5) is 18.9 Å². The van der Waals surface area contributed by atoms with Crippen LogP contribution in [0, 0.1) is 12.7 Å². The van der Waals surface area contributed by atoms with Crippen molar-refractivity contribution in [3.63, 3.8) is 0 Å². The zero-order valence-corrected chi connectivity index (χ0v) is 15.1. The van der Waals surface area contributed by atoms with Gasteiger partial charge in [-0.05, 0) is 31.2 Å². The molecule has 0 unspecified atom stereocenters. The lowest BCUT2D eigenvalue weighted by atomic mass is 10.2. The summed E-state index contributed by atoms with van der Waals surface area (Å²) in [6, 6.07) is 11.1. The van der Waals surface area contributed by atoms with E-state index in [1.54, 1.807) is 0 Å². The van der Waals surface area contributed by atoms with Crippen molar-refractivity contribution in [2.24, 2.45) is 10.7 Å². The third kappa shape index (κ3) is 5.91. The Hall–Kier alpha value is -1.97. The Morgan fingerprint density at radius 1 is 1.21 bits per heavy atom. The van der Waals surface area contributed by atoms with Crippen LogP contribution in [0.5, 0.6) is 5.75 Å². The van der Waals surface area contributed by atoms with Crippen molar-refractivity contribution in [1.82, 2.24) is 0 Å². The number of rotatable bonds is 5. The van der Waals surface area contributed by atoms with E-state index in [9.17, 15) is 13.2 Å². The van der Waals surface area contributed by atoms with Gasteiger partial charge in [0.25, 0.3) is 0 Å². The second-order valence-corrected chi connectivity index (χ2v) is 4.79. The number of benzene rings is 2. The number of alkyl halides is 2. The first-order chi connectivity index (χ1) is 11.0. The van der Waals surface area contributed by atoms with Gasteiger partial charge >= 0.3 is 6.61 Å². The van der Waals surface area contributed by atoms with Crippen LogP contribution in [-0.2, 0) is 6.54 Å². The monoisotopic (exact) mass is 451 g/mol. The summed E-state index contributed by atoms with van der Waals surface area (Å²) in [6.45, 7) is -1.31. The van der Waals surface area contributed by atoms with Crippen molar-refractivity contribution >= 4 is 35.6 Å². The van der Waals surface area contributed by atoms with E-state index >= 15 is 0 Å². The van der Waals surface area contributed by atoms with Gasteiger partial charge in [-0.1, -0.05) is 23.8 Å². The first-order valence-corrected chi connectivity index (χ1v) is 6.81. The summed E-state index contributed by atoms with van der Waals surface area (Å²) in [7, 11) is 0. The molecule has 0 spiro atoms. The maximum Gasteiger partial charge on any atom is 0.387 e. The number of anilines is 1. The van der Waals surface area contributed by atoms with Gasteiger partial charge in [-0.3, -0.25) is 0 Å². The second-order valence-electron chi connectivity index (χ2n) is 4.79. The maximum absolute atomic E-state index is 13.8. The Balaban J connectivity index is 0.00000288. The molecule has 0 radical (unpaired) electrons. The molecular formula is C16H17F3IN3O. The Labute approximate surface area is 154 Å². The number of aliphatic imine (C=N–C) groups is 1. The lowest BCUT2D eigenvalue weighted by molar-refractivity contribution is -0.0506. The minimum absolute atomic E-state index is 0. The topological polar surface area (TPSA) is 59.6 Å². The van der Waals surface area contributed by atoms with E-state index in [2.05, 4.69) is 15.0 Å². The van der Waals surface area contributed by atoms with E-state index in [-0.39, 0.29) is 47.8 Å². The van der Waals surface area contributed by atoms with Crippen molar-refractivity contribution < 1.29 is 17.9 Å². The standard InChI is InChI=1S/C16H16F3N3O.HI/c1-10-5-7-11(8-6-10)22-16(20)21-9-12-13(17)3-2-4-14(12)23-15(18)19;/h2-8,15H,9H2,1H3,(H3,20,21,22);1H. The number of nitrogens with zero attached hydrogens (tertiary/aromatic N) is 1. The maximum atomic E-state index is 13.8. The first kappa shape index (κ1) is 20.1. The van der Waals surface area contributed by atoms with Crippen molar-refractivity contribution in [3.8, 4) is 5.75 Å². The predicted molar refractivity (Wildman–Crippen MR) is 98.6 cm³/mol. The van der Waals surface area contributed by atoms with Crippen LogP contribution in [-0.4, -0.2) is 12.6 Å². The molecule has 0 aliphatic rings. The second kappa shape index (κ2) is 9.36. The molecule has 24 heavy (non-hydrogen) atoms. The minimum atomic E-state index is -3.04. The Bertz CT molecular complexity index is 693. The average molecular weight is 451 g/mol. The number of ether oxygens (including phenoxy) is 1. The normalized spacial score (nSPS) is 11.1. The van der Waals surface area contributed by atoms with E-state index < -0.39 is 12.4 Å². The third-order valence-corrected chi connectivity index (χ3v) is 3.02. The van der Waals surface area contributed by atoms with Crippen LogP contribution >= 0.6 is 24.0 Å². The number of guanidine groups is 1. The van der Waals surface area contributed by atoms with Gasteiger partial charge < -0.3 is 15.8 Å². The van der Waals surface area contributed by atoms with Crippen LogP contribution in [0.15, 0.2) is 47.5 Å². The fraction of sp³-hybridized carbons (Fsp3) is 0.188. The highest BCUT2D eigenvalue weighted by Gasteiger charge is 2.13. The van der Waals surface area contributed by atoms with Crippen LogP contribution in [0.25, 0.3) is 0 Å². The molecule has 130 valence electrons. The smallest absolute Gasteiger partial charge is 0.387 e. The average Bonchev–Trinajstić information content (AvgIpc) is 2.48. The van der Waals surface area contributed by atoms with Crippen molar-refractivity contribution in [1.29, 1.82) is 0 Å². The molecule has 0 amide bonds. The van der Waals surface area contributed by atoms with E-state index in [0.717, 1.165) is 17.3 Å². The highest BCUT2D eigenvalue weighted by molar-refractivity contribution is 14.0. The van der Waals surface area contributed by atoms with Crippen LogP contribution in [0.2, 0.25) is 0 Å². The van der Waals surface area contributed by atoms with Crippen molar-refractivity contribution in [2.75, 3.05) is 5.32 Å². The Morgan fingerprint density at radius 3 is 2.50 bits per heavy atom. The fourth-order valence-corrected chi connectivity index (χ4v) is 1.89. The number of hydrogen-bond acceptors (Lipinski definition) is 2. The summed E-state index contributed by atoms with van der Waals surface area (Å²) < 4.78 is 42.7. The first-order valence-electron chi connectivity index (χ1n) is 6.81. The molecule has 4 nitrogen and oxygen atoms in total. The molecule has 0 aliphatic heterocycles. The SMILES string of the molecule is Cc1ccc(NC(N)=NCc2c(F)cccc2OC(F)F)cc1.I. The molecule has 3 N–H and O–H groups in total. The van der Waals surface area contributed by atoms with Gasteiger partial charge in [0.2, 0.25) is 0 Å². The predicted octanol–water partition coefficient (Wildman–Crippen LogP) is 4.28. The lowest BCUT2D eigenvalue weighted by Gasteiger charge is -2.10. The summed E-state index contributed by atoms with van der Waals surface area (Å²) >= 11 is 0. The summed E-state index contributed by atoms with van der Waals surface area (Å²) in [6.07, 6.45) is 0. The van der Waals surface area contributed by atoms with E-state index in [0.29, 0.717) is 0 Å². The number of hydrogen-bond donors (Lipinski definition) is 2. The third-order valence-electron chi connectivity index (χ3n) is 3.02. The van der Waals surface area contributed by atoms with Gasteiger partial charge in [-0.15, -0.1) is 24.0 Å². The van der Waals surface area contributed by atoms with E-state index in [1.165, 1.54) is 12.1 Å². The molecular weight excluding hydrogens is 434 g/mol. The minimum Gasteiger partial charge on any atom is -0.434 e. The summed E-state index contributed by atoms with van der Waals surface area (Å²) in [5, 5.41) is 2.84. The molecule has 0 bridgehead atoms. The molecule has 0 heterocycles. The van der Waals surface area contributed by atoms with Gasteiger partial charge in [0, 0.05) is 5.69 Å². The largest absolute Gasteiger partial charge is 0.434 e. The zero-order valence-electron chi connectivity index (χ0n) is 12.8. The zero-order chi connectivity index (χ0) is 16.8. The molecule has 2 aromatic rings. The molecule has 0 atom stereocenters. The summed E-state index contributed by atoms with van der Waals surface area (Å²) in [5.41, 5.74) is 7.44. The van der Waals surface area contributed by atoms with Crippen molar-refractivity contribution in [3.05, 3.63) is 59.4 Å². The molecule has 0 fully saturated rings. The number of nitrogens with one attached hydrogen (secondary N) is 1. The fourth-order valence-electron chi connectivity index (χ4n) is 1.89. The van der Waals surface area contributed by atoms with Gasteiger partial charge in [-0.25, -0.2) is 9.38 Å². The van der Waals surface area contributed by atoms with Crippen molar-refractivity contribution in [2.45, 2.75) is 20.1 Å².